The first-order valence-electron chi connectivity index (χ1n) is 5.76. The van der Waals surface area contributed by atoms with Gasteiger partial charge in [0.05, 0.1) is 12.8 Å². The molecule has 1 heterocycles. The van der Waals surface area contributed by atoms with Crippen molar-refractivity contribution < 1.29 is 14.3 Å². The van der Waals surface area contributed by atoms with Crippen LogP contribution in [-0.4, -0.2) is 19.0 Å². The largest absolute Gasteiger partial charge is 0.465 e. The van der Waals surface area contributed by atoms with Crippen LogP contribution in [0.2, 0.25) is 0 Å². The topological polar surface area (TPSA) is 55.4 Å². The molecule has 0 aliphatic rings. The molecule has 0 atom stereocenters. The van der Waals surface area contributed by atoms with E-state index >= 15 is 0 Å². The van der Waals surface area contributed by atoms with E-state index < -0.39 is 5.97 Å². The van der Waals surface area contributed by atoms with Gasteiger partial charge in [-0.1, -0.05) is 15.9 Å². The van der Waals surface area contributed by atoms with Crippen molar-refractivity contribution in [3.05, 3.63) is 50.1 Å². The molecule has 0 unspecified atom stereocenters. The molecule has 0 radical (unpaired) electrons. The summed E-state index contributed by atoms with van der Waals surface area (Å²) < 4.78 is 5.59. The van der Waals surface area contributed by atoms with Gasteiger partial charge >= 0.3 is 5.97 Å². The predicted octanol–water partition coefficient (Wildman–Crippen LogP) is 3.86. The highest BCUT2D eigenvalue weighted by Gasteiger charge is 2.17. The summed E-state index contributed by atoms with van der Waals surface area (Å²) in [5.41, 5.74) is 1.89. The number of amides is 1. The molecule has 2 rings (SSSR count). The van der Waals surface area contributed by atoms with Gasteiger partial charge in [-0.15, -0.1) is 11.3 Å². The second kappa shape index (κ2) is 6.19. The third kappa shape index (κ3) is 3.08. The normalized spacial score (nSPS) is 10.2. The number of benzene rings is 1. The summed E-state index contributed by atoms with van der Waals surface area (Å²) in [6, 6.07) is 7.09. The number of carbonyl (C=O) groups excluding carboxylic acids is 2. The van der Waals surface area contributed by atoms with Gasteiger partial charge in [0.2, 0.25) is 0 Å². The molecule has 6 heteroatoms. The van der Waals surface area contributed by atoms with Crippen LogP contribution in [0.15, 0.2) is 34.1 Å². The molecule has 1 aromatic carbocycles. The van der Waals surface area contributed by atoms with Crippen LogP contribution in [0.25, 0.3) is 0 Å². The summed E-state index contributed by atoms with van der Waals surface area (Å²) >= 11 is 4.58. The van der Waals surface area contributed by atoms with Gasteiger partial charge in [-0.3, -0.25) is 4.79 Å². The fraction of sp³-hybridized carbons (Fsp3) is 0.143. The summed E-state index contributed by atoms with van der Waals surface area (Å²) in [6.45, 7) is 1.86. The van der Waals surface area contributed by atoms with Crippen molar-refractivity contribution in [2.24, 2.45) is 0 Å². The molecule has 0 saturated carbocycles. The first-order chi connectivity index (χ1) is 9.52. The Morgan fingerprint density at radius 1 is 1.30 bits per heavy atom. The number of esters is 1. The molecule has 2 aromatic rings. The van der Waals surface area contributed by atoms with Crippen molar-refractivity contribution in [2.45, 2.75) is 6.92 Å². The van der Waals surface area contributed by atoms with Crippen molar-refractivity contribution in [1.82, 2.24) is 0 Å². The quantitative estimate of drug-likeness (QED) is 0.852. The molecule has 1 aromatic heterocycles. The molecule has 0 bridgehead atoms. The fourth-order valence-electron chi connectivity index (χ4n) is 1.73. The first kappa shape index (κ1) is 14.7. The lowest BCUT2D eigenvalue weighted by atomic mass is 10.1. The number of hydrogen-bond acceptors (Lipinski definition) is 4. The molecule has 20 heavy (non-hydrogen) atoms. The maximum Gasteiger partial charge on any atom is 0.350 e. The zero-order chi connectivity index (χ0) is 14.7. The zero-order valence-electron chi connectivity index (χ0n) is 10.9. The van der Waals surface area contributed by atoms with Crippen molar-refractivity contribution in [3.63, 3.8) is 0 Å². The molecule has 1 N–H and O–H groups in total. The van der Waals surface area contributed by atoms with Crippen LogP contribution < -0.4 is 5.32 Å². The molecule has 4 nitrogen and oxygen atoms in total. The van der Waals surface area contributed by atoms with Crippen molar-refractivity contribution in [1.29, 1.82) is 0 Å². The van der Waals surface area contributed by atoms with E-state index in [0.29, 0.717) is 16.1 Å². The summed E-state index contributed by atoms with van der Waals surface area (Å²) in [5, 5.41) is 4.47. The highest BCUT2D eigenvalue weighted by Crippen LogP contribution is 2.24. The van der Waals surface area contributed by atoms with Gasteiger partial charge in [0.25, 0.3) is 5.91 Å². The van der Waals surface area contributed by atoms with Gasteiger partial charge in [-0.2, -0.15) is 0 Å². The summed E-state index contributed by atoms with van der Waals surface area (Å²) in [5.74, 6) is -0.707. The van der Waals surface area contributed by atoms with Crippen LogP contribution >= 0.6 is 27.3 Å². The highest BCUT2D eigenvalue weighted by atomic mass is 79.9. The Balaban J connectivity index is 2.24. The number of methoxy groups -OCH3 is 1. The van der Waals surface area contributed by atoms with Crippen LogP contribution in [0.3, 0.4) is 0 Å². The van der Waals surface area contributed by atoms with Gasteiger partial charge < -0.3 is 10.1 Å². The first-order valence-corrected chi connectivity index (χ1v) is 7.43. The average Bonchev–Trinajstić information content (AvgIpc) is 2.85. The number of ether oxygens (including phenoxy) is 1. The summed E-state index contributed by atoms with van der Waals surface area (Å²) in [6.07, 6.45) is 0. The molecule has 0 aliphatic carbocycles. The van der Waals surface area contributed by atoms with Crippen molar-refractivity contribution >= 4 is 44.8 Å². The van der Waals surface area contributed by atoms with E-state index in [0.717, 1.165) is 10.0 Å². The number of carbonyl (C=O) groups is 2. The van der Waals surface area contributed by atoms with E-state index in [1.165, 1.54) is 18.4 Å². The third-order valence-electron chi connectivity index (χ3n) is 2.72. The van der Waals surface area contributed by atoms with Crippen LogP contribution in [0.1, 0.15) is 25.6 Å². The number of nitrogens with one attached hydrogen (secondary N) is 1. The smallest absolute Gasteiger partial charge is 0.350 e. The Morgan fingerprint density at radius 2 is 2.05 bits per heavy atom. The van der Waals surface area contributed by atoms with Crippen molar-refractivity contribution in [2.75, 3.05) is 12.4 Å². The van der Waals surface area contributed by atoms with Crippen molar-refractivity contribution in [3.8, 4) is 0 Å². The highest BCUT2D eigenvalue weighted by molar-refractivity contribution is 9.10. The summed E-state index contributed by atoms with van der Waals surface area (Å²) in [7, 11) is 1.31. The fourth-order valence-corrected chi connectivity index (χ4v) is 2.97. The minimum atomic E-state index is -0.456. The second-order valence-corrected chi connectivity index (χ2v) is 5.90. The third-order valence-corrected chi connectivity index (χ3v) is 4.10. The van der Waals surface area contributed by atoms with Gasteiger partial charge in [0, 0.05) is 10.0 Å². The minimum absolute atomic E-state index is 0.251. The Hall–Kier alpha value is -1.66. The second-order valence-electron chi connectivity index (χ2n) is 4.07. The Labute approximate surface area is 128 Å². The number of hydrogen-bond donors (Lipinski definition) is 1. The maximum atomic E-state index is 12.2. The van der Waals surface area contributed by atoms with Gasteiger partial charge in [0.1, 0.15) is 4.88 Å². The SMILES string of the molecule is COC(=O)c1sccc1NC(=O)c1ccc(Br)cc1C. The number of rotatable bonds is 3. The van der Waals surface area contributed by atoms with Gasteiger partial charge in [0.15, 0.2) is 0 Å². The molecule has 104 valence electrons. The lowest BCUT2D eigenvalue weighted by Crippen LogP contribution is -2.15. The number of anilines is 1. The molecule has 0 spiro atoms. The van der Waals surface area contributed by atoms with E-state index in [2.05, 4.69) is 26.0 Å². The van der Waals surface area contributed by atoms with Crippen LogP contribution in [0.4, 0.5) is 5.69 Å². The lowest BCUT2D eigenvalue weighted by Gasteiger charge is -2.08. The summed E-state index contributed by atoms with van der Waals surface area (Å²) in [4.78, 5) is 24.2. The number of aryl methyl sites for hydroxylation is 1. The van der Waals surface area contributed by atoms with E-state index in [4.69, 9.17) is 0 Å². The number of thiophene rings is 1. The van der Waals surface area contributed by atoms with Gasteiger partial charge in [-0.05, 0) is 42.1 Å². The Morgan fingerprint density at radius 3 is 2.70 bits per heavy atom. The molecule has 0 saturated heterocycles. The predicted molar refractivity (Wildman–Crippen MR) is 82.5 cm³/mol. The molecule has 0 fully saturated rings. The van der Waals surface area contributed by atoms with Crippen LogP contribution in [0, 0.1) is 6.92 Å². The molecule has 0 aliphatic heterocycles. The van der Waals surface area contributed by atoms with Crippen LogP contribution in [-0.2, 0) is 4.74 Å². The Bertz CT molecular complexity index is 666. The molecular formula is C14H12BrNO3S. The van der Waals surface area contributed by atoms with E-state index in [1.54, 1.807) is 23.6 Å². The lowest BCUT2D eigenvalue weighted by molar-refractivity contribution is 0.0607. The standard InChI is InChI=1S/C14H12BrNO3S/c1-8-7-9(15)3-4-10(8)13(17)16-11-5-6-20-12(11)14(18)19-2/h3-7H,1-2H3,(H,16,17). The maximum absolute atomic E-state index is 12.2. The van der Waals surface area contributed by atoms with Gasteiger partial charge in [-0.25, -0.2) is 4.79 Å². The Kier molecular flexibility index (Phi) is 4.57. The monoisotopic (exact) mass is 353 g/mol. The van der Waals surface area contributed by atoms with E-state index in [-0.39, 0.29) is 5.91 Å². The zero-order valence-corrected chi connectivity index (χ0v) is 13.3. The molecular weight excluding hydrogens is 342 g/mol. The van der Waals surface area contributed by atoms with E-state index in [9.17, 15) is 9.59 Å². The van der Waals surface area contributed by atoms with E-state index in [1.807, 2.05) is 13.0 Å². The number of halogens is 1. The molecule has 1 amide bonds. The van der Waals surface area contributed by atoms with Crippen LogP contribution in [0.5, 0.6) is 0 Å². The minimum Gasteiger partial charge on any atom is -0.465 e. The average molecular weight is 354 g/mol.